The summed E-state index contributed by atoms with van der Waals surface area (Å²) in [5.74, 6) is 0.0814. The molecule has 0 saturated carbocycles. The van der Waals surface area contributed by atoms with Crippen molar-refractivity contribution < 1.29 is 9.59 Å². The Balaban J connectivity index is 2.27. The van der Waals surface area contributed by atoms with Gasteiger partial charge in [-0.3, -0.25) is 9.59 Å². The number of carbonyl (C=O) groups excluding carboxylic acids is 2. The normalized spacial score (nSPS) is 22.8. The number of aryl methyl sites for hydroxylation is 1. The van der Waals surface area contributed by atoms with Gasteiger partial charge in [0, 0.05) is 4.88 Å². The van der Waals surface area contributed by atoms with Crippen LogP contribution in [0, 0.1) is 12.8 Å². The Labute approximate surface area is 129 Å². The lowest BCUT2D eigenvalue weighted by Gasteiger charge is -2.40. The second-order valence-electron chi connectivity index (χ2n) is 5.87. The number of rotatable bonds is 5. The minimum atomic E-state index is -0.396. The van der Waals surface area contributed by atoms with Crippen molar-refractivity contribution in [3.8, 4) is 0 Å². The predicted molar refractivity (Wildman–Crippen MR) is 82.9 cm³/mol. The molecule has 2 rings (SSSR count). The predicted octanol–water partition coefficient (Wildman–Crippen LogP) is 2.10. The number of nitrogens with one attached hydrogen (secondary N) is 1. The van der Waals surface area contributed by atoms with Crippen molar-refractivity contribution in [2.45, 2.75) is 59.2 Å². The highest BCUT2D eigenvalue weighted by molar-refractivity contribution is 7.09. The largest absolute Gasteiger partial charge is 0.342 e. The second-order valence-corrected chi connectivity index (χ2v) is 6.81. The Morgan fingerprint density at radius 1 is 1.43 bits per heavy atom. The third-order valence-corrected chi connectivity index (χ3v) is 4.79. The SMILES string of the molecule is CCCC1NC(=O)C(C(C)C)N(Cc2scnc2C)C1=O. The van der Waals surface area contributed by atoms with E-state index in [1.807, 2.05) is 27.7 Å². The summed E-state index contributed by atoms with van der Waals surface area (Å²) in [6, 6.07) is -0.780. The molecule has 2 heterocycles. The summed E-state index contributed by atoms with van der Waals surface area (Å²) >= 11 is 1.54. The van der Waals surface area contributed by atoms with Crippen molar-refractivity contribution >= 4 is 23.2 Å². The first-order valence-corrected chi connectivity index (χ1v) is 8.33. The van der Waals surface area contributed by atoms with Crippen LogP contribution in [0.1, 0.15) is 44.2 Å². The van der Waals surface area contributed by atoms with Crippen LogP contribution in [0.25, 0.3) is 0 Å². The van der Waals surface area contributed by atoms with Crippen LogP contribution in [0.5, 0.6) is 0 Å². The van der Waals surface area contributed by atoms with Crippen molar-refractivity contribution in [3.63, 3.8) is 0 Å². The number of piperazine rings is 1. The van der Waals surface area contributed by atoms with E-state index >= 15 is 0 Å². The molecule has 6 heteroatoms. The monoisotopic (exact) mass is 309 g/mol. The zero-order valence-electron chi connectivity index (χ0n) is 13.0. The molecule has 2 unspecified atom stereocenters. The summed E-state index contributed by atoms with van der Waals surface area (Å²) in [6.07, 6.45) is 1.56. The number of nitrogens with zero attached hydrogens (tertiary/aromatic N) is 2. The van der Waals surface area contributed by atoms with Crippen molar-refractivity contribution in [2.24, 2.45) is 5.92 Å². The van der Waals surface area contributed by atoms with Crippen LogP contribution < -0.4 is 5.32 Å². The summed E-state index contributed by atoms with van der Waals surface area (Å²) in [6.45, 7) is 8.39. The molecule has 1 aromatic heterocycles. The van der Waals surface area contributed by atoms with E-state index in [0.29, 0.717) is 13.0 Å². The highest BCUT2D eigenvalue weighted by Crippen LogP contribution is 2.24. The third-order valence-electron chi connectivity index (χ3n) is 3.87. The average Bonchev–Trinajstić information content (AvgIpc) is 2.80. The topological polar surface area (TPSA) is 62.3 Å². The van der Waals surface area contributed by atoms with Gasteiger partial charge in [0.25, 0.3) is 0 Å². The van der Waals surface area contributed by atoms with Crippen LogP contribution in [0.2, 0.25) is 0 Å². The Kier molecular flexibility index (Phi) is 4.98. The van der Waals surface area contributed by atoms with Gasteiger partial charge >= 0.3 is 0 Å². The average molecular weight is 309 g/mol. The Morgan fingerprint density at radius 3 is 2.67 bits per heavy atom. The fraction of sp³-hybridized carbons (Fsp3) is 0.667. The van der Waals surface area contributed by atoms with Gasteiger partial charge in [-0.05, 0) is 19.3 Å². The highest BCUT2D eigenvalue weighted by atomic mass is 32.1. The quantitative estimate of drug-likeness (QED) is 0.906. The van der Waals surface area contributed by atoms with Crippen LogP contribution in [-0.2, 0) is 16.1 Å². The summed E-state index contributed by atoms with van der Waals surface area (Å²) < 4.78 is 0. The fourth-order valence-electron chi connectivity index (χ4n) is 2.75. The van der Waals surface area contributed by atoms with E-state index in [0.717, 1.165) is 17.0 Å². The summed E-state index contributed by atoms with van der Waals surface area (Å²) in [7, 11) is 0. The molecule has 2 amide bonds. The zero-order valence-corrected chi connectivity index (χ0v) is 13.9. The molecule has 1 aliphatic heterocycles. The van der Waals surface area contributed by atoms with Crippen LogP contribution >= 0.6 is 11.3 Å². The molecule has 0 aliphatic carbocycles. The molecular formula is C15H23N3O2S. The number of carbonyl (C=O) groups is 2. The maximum atomic E-state index is 12.7. The van der Waals surface area contributed by atoms with E-state index < -0.39 is 6.04 Å². The number of thiazole rings is 1. The molecule has 2 atom stereocenters. The minimum Gasteiger partial charge on any atom is -0.342 e. The van der Waals surface area contributed by atoms with Crippen molar-refractivity contribution in [3.05, 3.63) is 16.1 Å². The molecule has 1 saturated heterocycles. The van der Waals surface area contributed by atoms with Gasteiger partial charge in [0.1, 0.15) is 12.1 Å². The summed E-state index contributed by atoms with van der Waals surface area (Å²) in [5.41, 5.74) is 2.72. The molecule has 1 aliphatic rings. The molecule has 1 fully saturated rings. The summed E-state index contributed by atoms with van der Waals surface area (Å²) in [4.78, 5) is 32.1. The Morgan fingerprint density at radius 2 is 2.14 bits per heavy atom. The van der Waals surface area contributed by atoms with E-state index in [9.17, 15) is 9.59 Å². The molecule has 0 aromatic carbocycles. The van der Waals surface area contributed by atoms with E-state index in [-0.39, 0.29) is 23.8 Å². The van der Waals surface area contributed by atoms with Crippen LogP contribution in [-0.4, -0.2) is 33.8 Å². The third kappa shape index (κ3) is 3.26. The second kappa shape index (κ2) is 6.56. The van der Waals surface area contributed by atoms with Crippen LogP contribution in [0.3, 0.4) is 0 Å². The van der Waals surface area contributed by atoms with Crippen molar-refractivity contribution in [2.75, 3.05) is 0 Å². The molecule has 1 N–H and O–H groups in total. The van der Waals surface area contributed by atoms with Gasteiger partial charge in [-0.1, -0.05) is 27.2 Å². The Hall–Kier alpha value is -1.43. The number of hydrogen-bond acceptors (Lipinski definition) is 4. The van der Waals surface area contributed by atoms with Crippen molar-refractivity contribution in [1.82, 2.24) is 15.2 Å². The smallest absolute Gasteiger partial charge is 0.246 e. The van der Waals surface area contributed by atoms with Crippen LogP contribution in [0.15, 0.2) is 5.51 Å². The first-order valence-electron chi connectivity index (χ1n) is 7.45. The van der Waals surface area contributed by atoms with Gasteiger partial charge in [-0.15, -0.1) is 11.3 Å². The zero-order chi connectivity index (χ0) is 15.6. The van der Waals surface area contributed by atoms with E-state index in [2.05, 4.69) is 10.3 Å². The van der Waals surface area contributed by atoms with Gasteiger partial charge in [-0.25, -0.2) is 4.98 Å². The molecular weight excluding hydrogens is 286 g/mol. The Bertz CT molecular complexity index is 527. The standard InChI is InChI=1S/C15H23N3O2S/c1-5-6-11-15(20)18(7-12-10(4)16-8-21-12)13(9(2)3)14(19)17-11/h8-9,11,13H,5-7H2,1-4H3,(H,17,19). The molecule has 116 valence electrons. The molecule has 5 nitrogen and oxygen atoms in total. The lowest BCUT2D eigenvalue weighted by Crippen LogP contribution is -2.64. The molecule has 0 radical (unpaired) electrons. The van der Waals surface area contributed by atoms with Gasteiger partial charge in [-0.2, -0.15) is 0 Å². The van der Waals surface area contributed by atoms with E-state index in [4.69, 9.17) is 0 Å². The minimum absolute atomic E-state index is 0.0305. The molecule has 0 bridgehead atoms. The van der Waals surface area contributed by atoms with E-state index in [1.165, 1.54) is 11.3 Å². The number of hydrogen-bond donors (Lipinski definition) is 1. The van der Waals surface area contributed by atoms with Gasteiger partial charge in [0.15, 0.2) is 0 Å². The molecule has 1 aromatic rings. The highest BCUT2D eigenvalue weighted by Gasteiger charge is 2.41. The number of amides is 2. The molecule has 21 heavy (non-hydrogen) atoms. The first-order chi connectivity index (χ1) is 9.95. The summed E-state index contributed by atoms with van der Waals surface area (Å²) in [5, 5.41) is 2.88. The maximum Gasteiger partial charge on any atom is 0.246 e. The lowest BCUT2D eigenvalue weighted by molar-refractivity contribution is -0.152. The van der Waals surface area contributed by atoms with Gasteiger partial charge in [0.05, 0.1) is 17.7 Å². The van der Waals surface area contributed by atoms with Gasteiger partial charge < -0.3 is 10.2 Å². The van der Waals surface area contributed by atoms with Crippen molar-refractivity contribution in [1.29, 1.82) is 0 Å². The first kappa shape index (κ1) is 15.9. The fourth-order valence-corrected chi connectivity index (χ4v) is 3.53. The van der Waals surface area contributed by atoms with E-state index in [1.54, 1.807) is 10.4 Å². The van der Waals surface area contributed by atoms with Gasteiger partial charge in [0.2, 0.25) is 11.8 Å². The maximum absolute atomic E-state index is 12.7. The lowest BCUT2D eigenvalue weighted by atomic mass is 9.95. The molecule has 0 spiro atoms. The van der Waals surface area contributed by atoms with Crippen LogP contribution in [0.4, 0.5) is 0 Å². The number of aromatic nitrogens is 1.